The van der Waals surface area contributed by atoms with Gasteiger partial charge >= 0.3 is 0 Å². The highest BCUT2D eigenvalue weighted by Gasteiger charge is 2.30. The van der Waals surface area contributed by atoms with Crippen LogP contribution in [0.15, 0.2) is 28.8 Å². The van der Waals surface area contributed by atoms with Crippen molar-refractivity contribution in [2.24, 2.45) is 0 Å². The van der Waals surface area contributed by atoms with Gasteiger partial charge in [0, 0.05) is 13.5 Å². The molecule has 128 valence electrons. The maximum absolute atomic E-state index is 12.9. The largest absolute Gasteiger partial charge is 0.497 e. The van der Waals surface area contributed by atoms with E-state index in [-0.39, 0.29) is 11.9 Å². The summed E-state index contributed by atoms with van der Waals surface area (Å²) in [6.07, 6.45) is 4.43. The number of hydrogen-bond donors (Lipinski definition) is 0. The third kappa shape index (κ3) is 3.75. The summed E-state index contributed by atoms with van der Waals surface area (Å²) in [7, 11) is 1.63. The summed E-state index contributed by atoms with van der Waals surface area (Å²) in [4.78, 5) is 19.2. The maximum atomic E-state index is 12.9. The Kier molecular flexibility index (Phi) is 5.13. The Balaban J connectivity index is 1.79. The molecule has 1 aromatic carbocycles. The summed E-state index contributed by atoms with van der Waals surface area (Å²) < 4.78 is 10.4. The average Bonchev–Trinajstić information content (AvgIpc) is 2.87. The smallest absolute Gasteiger partial charge is 0.227 e. The number of carbonyl (C=O) groups is 1. The van der Waals surface area contributed by atoms with E-state index in [1.54, 1.807) is 14.0 Å². The molecule has 6 heteroatoms. The first-order valence-corrected chi connectivity index (χ1v) is 8.40. The van der Waals surface area contributed by atoms with Crippen LogP contribution >= 0.6 is 0 Å². The Morgan fingerprint density at radius 1 is 1.38 bits per heavy atom. The fourth-order valence-corrected chi connectivity index (χ4v) is 3.18. The molecule has 0 N–H and O–H groups in total. The van der Waals surface area contributed by atoms with Crippen LogP contribution in [-0.4, -0.2) is 34.6 Å². The van der Waals surface area contributed by atoms with Crippen LogP contribution in [0, 0.1) is 6.92 Å². The Hall–Kier alpha value is -2.37. The molecule has 0 bridgehead atoms. The van der Waals surface area contributed by atoms with E-state index in [9.17, 15) is 4.79 Å². The van der Waals surface area contributed by atoms with Crippen molar-refractivity contribution in [3.05, 3.63) is 41.5 Å². The number of rotatable bonds is 4. The van der Waals surface area contributed by atoms with E-state index in [2.05, 4.69) is 10.1 Å². The number of nitrogens with zero attached hydrogens (tertiary/aromatic N) is 3. The van der Waals surface area contributed by atoms with Gasteiger partial charge in [0.1, 0.15) is 5.75 Å². The Morgan fingerprint density at radius 3 is 3.00 bits per heavy atom. The number of carbonyl (C=O) groups excluding carboxylic acids is 1. The van der Waals surface area contributed by atoms with Crippen molar-refractivity contribution in [3.8, 4) is 5.75 Å². The number of methoxy groups -OCH3 is 1. The van der Waals surface area contributed by atoms with Gasteiger partial charge in [-0.05, 0) is 30.5 Å². The minimum absolute atomic E-state index is 0.0944. The van der Waals surface area contributed by atoms with Gasteiger partial charge in [0.05, 0.1) is 19.6 Å². The van der Waals surface area contributed by atoms with Crippen LogP contribution < -0.4 is 4.74 Å². The fourth-order valence-electron chi connectivity index (χ4n) is 3.18. The SMILES string of the molecule is COc1cccc(CC(=O)N2CCCCCC2c2noc(C)n2)c1. The monoisotopic (exact) mass is 329 g/mol. The second-order valence-electron chi connectivity index (χ2n) is 6.15. The average molecular weight is 329 g/mol. The molecule has 1 fully saturated rings. The third-order valence-electron chi connectivity index (χ3n) is 4.40. The molecule has 2 aromatic rings. The van der Waals surface area contributed by atoms with Gasteiger partial charge in [0.25, 0.3) is 0 Å². The Labute approximate surface area is 141 Å². The Morgan fingerprint density at radius 2 is 2.25 bits per heavy atom. The second-order valence-corrected chi connectivity index (χ2v) is 6.15. The second kappa shape index (κ2) is 7.47. The van der Waals surface area contributed by atoms with Crippen molar-refractivity contribution in [2.75, 3.05) is 13.7 Å². The molecule has 3 rings (SSSR count). The van der Waals surface area contributed by atoms with Gasteiger partial charge in [-0.2, -0.15) is 4.98 Å². The molecule has 1 aliphatic rings. The lowest BCUT2D eigenvalue weighted by molar-refractivity contribution is -0.133. The zero-order valence-electron chi connectivity index (χ0n) is 14.2. The summed E-state index contributed by atoms with van der Waals surface area (Å²) in [5, 5.41) is 4.05. The number of ether oxygens (including phenoxy) is 1. The van der Waals surface area contributed by atoms with Gasteiger partial charge in [-0.15, -0.1) is 0 Å². The summed E-state index contributed by atoms with van der Waals surface area (Å²) >= 11 is 0. The highest BCUT2D eigenvalue weighted by Crippen LogP contribution is 2.29. The van der Waals surface area contributed by atoms with Crippen LogP contribution in [-0.2, 0) is 11.2 Å². The van der Waals surface area contributed by atoms with Crippen LogP contribution in [0.4, 0.5) is 0 Å². The van der Waals surface area contributed by atoms with Gasteiger partial charge < -0.3 is 14.2 Å². The molecule has 6 nitrogen and oxygen atoms in total. The highest BCUT2D eigenvalue weighted by atomic mass is 16.5. The van der Waals surface area contributed by atoms with Crippen LogP contribution in [0.3, 0.4) is 0 Å². The van der Waals surface area contributed by atoms with Crippen molar-refractivity contribution in [2.45, 2.75) is 45.1 Å². The third-order valence-corrected chi connectivity index (χ3v) is 4.40. The molecule has 1 aliphatic heterocycles. The minimum atomic E-state index is -0.0944. The number of hydrogen-bond acceptors (Lipinski definition) is 5. The van der Waals surface area contributed by atoms with E-state index in [4.69, 9.17) is 9.26 Å². The molecular weight excluding hydrogens is 306 g/mol. The van der Waals surface area contributed by atoms with E-state index in [0.29, 0.717) is 18.1 Å². The molecule has 0 saturated carbocycles. The van der Waals surface area contributed by atoms with Crippen LogP contribution in [0.5, 0.6) is 5.75 Å². The zero-order valence-corrected chi connectivity index (χ0v) is 14.2. The predicted octanol–water partition coefficient (Wildman–Crippen LogP) is 3.07. The van der Waals surface area contributed by atoms with Gasteiger partial charge in [0.15, 0.2) is 5.82 Å². The lowest BCUT2D eigenvalue weighted by atomic mass is 10.1. The topological polar surface area (TPSA) is 68.5 Å². The van der Waals surface area contributed by atoms with Crippen molar-refractivity contribution in [1.29, 1.82) is 0 Å². The zero-order chi connectivity index (χ0) is 16.9. The fraction of sp³-hybridized carbons (Fsp3) is 0.500. The predicted molar refractivity (Wildman–Crippen MR) is 88.7 cm³/mol. The first-order valence-electron chi connectivity index (χ1n) is 8.40. The highest BCUT2D eigenvalue weighted by molar-refractivity contribution is 5.79. The first-order chi connectivity index (χ1) is 11.7. The lowest BCUT2D eigenvalue weighted by Gasteiger charge is -2.28. The quantitative estimate of drug-likeness (QED) is 0.862. The van der Waals surface area contributed by atoms with Crippen LogP contribution in [0.25, 0.3) is 0 Å². The molecule has 0 spiro atoms. The molecule has 1 atom stereocenters. The lowest BCUT2D eigenvalue weighted by Crippen LogP contribution is -2.36. The van der Waals surface area contributed by atoms with E-state index in [1.165, 1.54) is 0 Å². The summed E-state index contributed by atoms with van der Waals surface area (Å²) in [6.45, 7) is 2.51. The molecule has 0 aliphatic carbocycles. The minimum Gasteiger partial charge on any atom is -0.497 e. The van der Waals surface area contributed by atoms with Gasteiger partial charge in [-0.1, -0.05) is 30.1 Å². The number of aromatic nitrogens is 2. The van der Waals surface area contributed by atoms with Gasteiger partial charge in [0.2, 0.25) is 11.8 Å². The van der Waals surface area contributed by atoms with E-state index < -0.39 is 0 Å². The Bertz CT molecular complexity index is 698. The van der Waals surface area contributed by atoms with E-state index in [0.717, 1.165) is 43.5 Å². The van der Waals surface area contributed by atoms with Crippen molar-refractivity contribution >= 4 is 5.91 Å². The molecular formula is C18H23N3O3. The number of aryl methyl sites for hydroxylation is 1. The van der Waals surface area contributed by atoms with Crippen LogP contribution in [0.1, 0.15) is 49.0 Å². The summed E-state index contributed by atoms with van der Waals surface area (Å²) in [5.41, 5.74) is 0.951. The molecule has 0 radical (unpaired) electrons. The first kappa shape index (κ1) is 16.5. The molecule has 1 unspecified atom stereocenters. The molecule has 2 heterocycles. The molecule has 1 aromatic heterocycles. The van der Waals surface area contributed by atoms with Crippen molar-refractivity contribution in [1.82, 2.24) is 15.0 Å². The van der Waals surface area contributed by atoms with Crippen LogP contribution in [0.2, 0.25) is 0 Å². The van der Waals surface area contributed by atoms with Gasteiger partial charge in [-0.3, -0.25) is 4.79 Å². The number of benzene rings is 1. The molecule has 1 amide bonds. The molecule has 1 saturated heterocycles. The molecule has 24 heavy (non-hydrogen) atoms. The van der Waals surface area contributed by atoms with Gasteiger partial charge in [-0.25, -0.2) is 0 Å². The van der Waals surface area contributed by atoms with E-state index >= 15 is 0 Å². The summed E-state index contributed by atoms with van der Waals surface area (Å²) in [5.74, 6) is 2.02. The van der Waals surface area contributed by atoms with Crippen molar-refractivity contribution < 1.29 is 14.1 Å². The maximum Gasteiger partial charge on any atom is 0.227 e. The van der Waals surface area contributed by atoms with Crippen molar-refractivity contribution in [3.63, 3.8) is 0 Å². The standard InChI is InChI=1S/C18H23N3O3/c1-13-19-18(20-24-13)16-9-4-3-5-10-21(16)17(22)12-14-7-6-8-15(11-14)23-2/h6-8,11,16H,3-5,9-10,12H2,1-2H3. The normalized spacial score (nSPS) is 18.2. The number of likely N-dealkylation sites (tertiary alicyclic amines) is 1. The summed E-state index contributed by atoms with van der Waals surface area (Å²) in [6, 6.07) is 7.55. The van der Waals surface area contributed by atoms with E-state index in [1.807, 2.05) is 29.2 Å². The number of amides is 1.